The number of hydrogen-bond donors (Lipinski definition) is 1. The van der Waals surface area contributed by atoms with E-state index >= 15 is 0 Å². The molecule has 1 aliphatic heterocycles. The number of amides is 2. The monoisotopic (exact) mass is 308 g/mol. The van der Waals surface area contributed by atoms with Gasteiger partial charge in [-0.3, -0.25) is 9.59 Å². The summed E-state index contributed by atoms with van der Waals surface area (Å²) in [5.41, 5.74) is 5.14. The first kappa shape index (κ1) is 15.3. The van der Waals surface area contributed by atoms with Crippen molar-refractivity contribution in [3.63, 3.8) is 0 Å². The van der Waals surface area contributed by atoms with E-state index in [2.05, 4.69) is 11.4 Å². The lowest BCUT2D eigenvalue weighted by molar-refractivity contribution is -0.143. The molecule has 4 nitrogen and oxygen atoms in total. The van der Waals surface area contributed by atoms with Gasteiger partial charge in [-0.2, -0.15) is 0 Å². The summed E-state index contributed by atoms with van der Waals surface area (Å²) in [6.45, 7) is 4.99. The Bertz CT molecular complexity index is 768. The molecular weight excluding hydrogens is 288 g/mol. The van der Waals surface area contributed by atoms with E-state index in [1.54, 1.807) is 4.90 Å². The van der Waals surface area contributed by atoms with Gasteiger partial charge in [0.1, 0.15) is 0 Å². The van der Waals surface area contributed by atoms with Crippen LogP contribution in [0.25, 0.3) is 0 Å². The summed E-state index contributed by atoms with van der Waals surface area (Å²) in [4.78, 5) is 26.3. The van der Waals surface area contributed by atoms with Crippen LogP contribution in [0.15, 0.2) is 42.5 Å². The third-order valence-electron chi connectivity index (χ3n) is 4.24. The molecule has 1 heterocycles. The van der Waals surface area contributed by atoms with Gasteiger partial charge >= 0.3 is 11.8 Å². The minimum atomic E-state index is -0.573. The number of fused-ring (bicyclic) bond motifs is 1. The molecule has 0 aliphatic carbocycles. The molecule has 0 unspecified atom stereocenters. The van der Waals surface area contributed by atoms with Gasteiger partial charge < -0.3 is 10.2 Å². The van der Waals surface area contributed by atoms with Crippen molar-refractivity contribution in [2.75, 3.05) is 11.9 Å². The van der Waals surface area contributed by atoms with Gasteiger partial charge in [0.2, 0.25) is 0 Å². The van der Waals surface area contributed by atoms with Crippen molar-refractivity contribution in [2.45, 2.75) is 26.8 Å². The highest BCUT2D eigenvalue weighted by molar-refractivity contribution is 6.39. The average Bonchev–Trinajstić information content (AvgIpc) is 2.56. The zero-order valence-electron chi connectivity index (χ0n) is 13.4. The van der Waals surface area contributed by atoms with Gasteiger partial charge in [-0.05, 0) is 43.0 Å². The van der Waals surface area contributed by atoms with Crippen molar-refractivity contribution in [3.05, 3.63) is 64.7 Å². The summed E-state index contributed by atoms with van der Waals surface area (Å²) in [5, 5.41) is 2.73. The highest BCUT2D eigenvalue weighted by Gasteiger charge is 2.25. The van der Waals surface area contributed by atoms with E-state index in [4.69, 9.17) is 0 Å². The lowest BCUT2D eigenvalue weighted by atomic mass is 10.00. The zero-order valence-corrected chi connectivity index (χ0v) is 13.4. The van der Waals surface area contributed by atoms with Crippen molar-refractivity contribution >= 4 is 17.5 Å². The fraction of sp³-hybridized carbons (Fsp3) is 0.263. The van der Waals surface area contributed by atoms with Gasteiger partial charge in [0.25, 0.3) is 0 Å². The van der Waals surface area contributed by atoms with Crippen LogP contribution in [0.3, 0.4) is 0 Å². The van der Waals surface area contributed by atoms with E-state index in [-0.39, 0.29) is 0 Å². The van der Waals surface area contributed by atoms with Gasteiger partial charge in [-0.15, -0.1) is 0 Å². The lowest BCUT2D eigenvalue weighted by Gasteiger charge is -2.28. The largest absolute Gasteiger partial charge is 0.330 e. The fourth-order valence-electron chi connectivity index (χ4n) is 2.94. The van der Waals surface area contributed by atoms with Gasteiger partial charge in [-0.1, -0.05) is 42.0 Å². The minimum absolute atomic E-state index is 0.473. The summed E-state index contributed by atoms with van der Waals surface area (Å²) in [5.74, 6) is -1.05. The second-order valence-electron chi connectivity index (χ2n) is 6.02. The Morgan fingerprint density at radius 1 is 1.04 bits per heavy atom. The van der Waals surface area contributed by atoms with Crippen LogP contribution in [0, 0.1) is 13.8 Å². The molecule has 0 spiro atoms. The smallest absolute Gasteiger partial charge is 0.313 e. The predicted molar refractivity (Wildman–Crippen MR) is 90.1 cm³/mol. The first-order chi connectivity index (χ1) is 11.0. The maximum Gasteiger partial charge on any atom is 0.313 e. The molecule has 118 valence electrons. The number of aryl methyl sites for hydroxylation is 2. The van der Waals surface area contributed by atoms with Crippen LogP contribution in [-0.2, 0) is 22.6 Å². The highest BCUT2D eigenvalue weighted by Crippen LogP contribution is 2.20. The Morgan fingerprint density at radius 3 is 2.52 bits per heavy atom. The van der Waals surface area contributed by atoms with Crippen LogP contribution in [0.5, 0.6) is 0 Å². The van der Waals surface area contributed by atoms with Crippen molar-refractivity contribution < 1.29 is 9.59 Å². The maximum absolute atomic E-state index is 12.4. The minimum Gasteiger partial charge on any atom is -0.330 e. The zero-order chi connectivity index (χ0) is 16.4. The molecular formula is C19H20N2O2. The molecule has 4 heteroatoms. The van der Waals surface area contributed by atoms with Crippen LogP contribution in [0.1, 0.15) is 22.3 Å². The second kappa shape index (κ2) is 6.24. The number of carbonyl (C=O) groups excluding carboxylic acids is 2. The van der Waals surface area contributed by atoms with Gasteiger partial charge in [-0.25, -0.2) is 0 Å². The molecule has 3 rings (SSSR count). The van der Waals surface area contributed by atoms with Gasteiger partial charge in [0.05, 0.1) is 0 Å². The summed E-state index contributed by atoms with van der Waals surface area (Å²) >= 11 is 0. The van der Waals surface area contributed by atoms with Gasteiger partial charge in [0, 0.05) is 18.8 Å². The van der Waals surface area contributed by atoms with Crippen molar-refractivity contribution in [1.82, 2.24) is 4.90 Å². The van der Waals surface area contributed by atoms with E-state index in [0.29, 0.717) is 18.8 Å². The Morgan fingerprint density at radius 2 is 1.78 bits per heavy atom. The maximum atomic E-state index is 12.4. The Labute approximate surface area is 136 Å². The Kier molecular flexibility index (Phi) is 4.15. The molecule has 2 aromatic carbocycles. The number of nitrogens with zero attached hydrogens (tertiary/aromatic N) is 1. The molecule has 2 amide bonds. The topological polar surface area (TPSA) is 49.4 Å². The van der Waals surface area contributed by atoms with Crippen LogP contribution >= 0.6 is 0 Å². The number of benzene rings is 2. The van der Waals surface area contributed by atoms with E-state index < -0.39 is 11.8 Å². The summed E-state index contributed by atoms with van der Waals surface area (Å²) in [6.07, 6.45) is 0.790. The standard InChI is InChI=1S/C19H20N2O2/c1-13-7-8-17(14(2)11-13)20-18(22)19(23)21-10-9-15-5-3-4-6-16(15)12-21/h3-8,11H,9-10,12H2,1-2H3,(H,20,22). The number of carbonyl (C=O) groups is 2. The Balaban J connectivity index is 1.70. The SMILES string of the molecule is Cc1ccc(NC(=O)C(=O)N2CCc3ccccc3C2)c(C)c1. The third-order valence-corrected chi connectivity index (χ3v) is 4.24. The number of hydrogen-bond acceptors (Lipinski definition) is 2. The van der Waals surface area contributed by atoms with E-state index in [0.717, 1.165) is 23.1 Å². The van der Waals surface area contributed by atoms with Crippen LogP contribution in [0.4, 0.5) is 5.69 Å². The summed E-state index contributed by atoms with van der Waals surface area (Å²) in [7, 11) is 0. The number of anilines is 1. The molecule has 1 N–H and O–H groups in total. The molecule has 0 atom stereocenters. The van der Waals surface area contributed by atoms with Crippen LogP contribution in [-0.4, -0.2) is 23.3 Å². The molecule has 2 aromatic rings. The highest BCUT2D eigenvalue weighted by atomic mass is 16.2. The summed E-state index contributed by atoms with van der Waals surface area (Å²) in [6, 6.07) is 13.8. The molecule has 0 saturated heterocycles. The van der Waals surface area contributed by atoms with Crippen molar-refractivity contribution in [1.29, 1.82) is 0 Å². The average molecular weight is 308 g/mol. The quantitative estimate of drug-likeness (QED) is 0.824. The van der Waals surface area contributed by atoms with Crippen molar-refractivity contribution in [2.24, 2.45) is 0 Å². The summed E-state index contributed by atoms with van der Waals surface area (Å²) < 4.78 is 0. The number of nitrogens with one attached hydrogen (secondary N) is 1. The second-order valence-corrected chi connectivity index (χ2v) is 6.02. The van der Waals surface area contributed by atoms with Crippen molar-refractivity contribution in [3.8, 4) is 0 Å². The lowest BCUT2D eigenvalue weighted by Crippen LogP contribution is -2.42. The van der Waals surface area contributed by atoms with Crippen LogP contribution in [0.2, 0.25) is 0 Å². The molecule has 0 fully saturated rings. The normalized spacial score (nSPS) is 13.4. The molecule has 0 aromatic heterocycles. The molecule has 23 heavy (non-hydrogen) atoms. The molecule has 0 saturated carbocycles. The van der Waals surface area contributed by atoms with Crippen LogP contribution < -0.4 is 5.32 Å². The van der Waals surface area contributed by atoms with E-state index in [1.807, 2.05) is 50.2 Å². The molecule has 1 aliphatic rings. The predicted octanol–water partition coefficient (Wildman–Crippen LogP) is 2.83. The first-order valence-electron chi connectivity index (χ1n) is 7.79. The molecule has 0 bridgehead atoms. The number of rotatable bonds is 1. The van der Waals surface area contributed by atoms with E-state index in [1.165, 1.54) is 5.56 Å². The fourth-order valence-corrected chi connectivity index (χ4v) is 2.94. The van der Waals surface area contributed by atoms with Gasteiger partial charge in [0.15, 0.2) is 0 Å². The third kappa shape index (κ3) is 3.26. The van der Waals surface area contributed by atoms with E-state index in [9.17, 15) is 9.59 Å². The first-order valence-corrected chi connectivity index (χ1v) is 7.79. The Hall–Kier alpha value is -2.62. The molecule has 0 radical (unpaired) electrons.